The maximum Gasteiger partial charge on any atom is 0.246 e. The highest BCUT2D eigenvalue weighted by Gasteiger charge is 2.26. The first kappa shape index (κ1) is 15.8. The second kappa shape index (κ2) is 7.39. The van der Waals surface area contributed by atoms with Gasteiger partial charge in [-0.15, -0.1) is 0 Å². The minimum absolute atomic E-state index is 0.00204. The average Bonchev–Trinajstić information content (AvgIpc) is 2.39. The molecular weight excluding hydrogens is 270 g/mol. The molecule has 2 N–H and O–H groups in total. The number of hydrogen-bond acceptors (Lipinski definition) is 6. The summed E-state index contributed by atoms with van der Waals surface area (Å²) in [4.78, 5) is 3.81. The standard InChI is InChI=1S/C11H19N3O4S/c1-17-7-5-14(6-8-18-2)19(15,16)11-9-13-4-3-10(11)12/h3-4,9H,5-8H2,1-2H3,(H2,12,13). The molecule has 1 aromatic heterocycles. The van der Waals surface area contributed by atoms with Crippen LogP contribution in [0.2, 0.25) is 0 Å². The third-order valence-electron chi connectivity index (χ3n) is 2.52. The Morgan fingerprint density at radius 1 is 1.26 bits per heavy atom. The van der Waals surface area contributed by atoms with Crippen LogP contribution in [0.25, 0.3) is 0 Å². The first-order chi connectivity index (χ1) is 9.04. The van der Waals surface area contributed by atoms with Crippen LogP contribution in [0.5, 0.6) is 0 Å². The third kappa shape index (κ3) is 4.13. The number of ether oxygens (including phenoxy) is 2. The Morgan fingerprint density at radius 3 is 2.32 bits per heavy atom. The topological polar surface area (TPSA) is 94.8 Å². The average molecular weight is 289 g/mol. The molecule has 7 nitrogen and oxygen atoms in total. The van der Waals surface area contributed by atoms with Crippen molar-refractivity contribution < 1.29 is 17.9 Å². The summed E-state index contributed by atoms with van der Waals surface area (Å²) in [5, 5.41) is 0. The molecule has 108 valence electrons. The van der Waals surface area contributed by atoms with Gasteiger partial charge in [0, 0.05) is 39.7 Å². The van der Waals surface area contributed by atoms with Gasteiger partial charge in [-0.05, 0) is 6.07 Å². The zero-order valence-corrected chi connectivity index (χ0v) is 11.9. The van der Waals surface area contributed by atoms with Crippen molar-refractivity contribution in [2.75, 3.05) is 46.3 Å². The lowest BCUT2D eigenvalue weighted by molar-refractivity contribution is 0.150. The van der Waals surface area contributed by atoms with Gasteiger partial charge in [-0.1, -0.05) is 0 Å². The van der Waals surface area contributed by atoms with Gasteiger partial charge >= 0.3 is 0 Å². The van der Waals surface area contributed by atoms with E-state index in [0.29, 0.717) is 13.2 Å². The smallest absolute Gasteiger partial charge is 0.246 e. The molecule has 0 saturated carbocycles. The fraction of sp³-hybridized carbons (Fsp3) is 0.545. The minimum Gasteiger partial charge on any atom is -0.398 e. The van der Waals surface area contributed by atoms with Gasteiger partial charge in [0.15, 0.2) is 0 Å². The lowest BCUT2D eigenvalue weighted by atomic mass is 10.4. The summed E-state index contributed by atoms with van der Waals surface area (Å²) in [7, 11) is -0.664. The third-order valence-corrected chi connectivity index (χ3v) is 4.47. The Labute approximate surface area is 113 Å². The van der Waals surface area contributed by atoms with Crippen LogP contribution in [0, 0.1) is 0 Å². The van der Waals surface area contributed by atoms with Crippen LogP contribution in [0.1, 0.15) is 0 Å². The number of nitrogens with zero attached hydrogens (tertiary/aromatic N) is 2. The Hall–Kier alpha value is -1.22. The van der Waals surface area contributed by atoms with Crippen molar-refractivity contribution in [3.63, 3.8) is 0 Å². The zero-order chi connectivity index (χ0) is 14.3. The molecule has 1 rings (SSSR count). The Morgan fingerprint density at radius 2 is 1.84 bits per heavy atom. The van der Waals surface area contributed by atoms with E-state index < -0.39 is 10.0 Å². The largest absolute Gasteiger partial charge is 0.398 e. The summed E-state index contributed by atoms with van der Waals surface area (Å²) in [5.74, 6) is 0. The summed E-state index contributed by atoms with van der Waals surface area (Å²) in [6.45, 7) is 1.05. The number of methoxy groups -OCH3 is 2. The first-order valence-electron chi connectivity index (χ1n) is 5.71. The molecule has 0 aliphatic rings. The quantitative estimate of drug-likeness (QED) is 0.721. The molecule has 0 atom stereocenters. The van der Waals surface area contributed by atoms with E-state index in [-0.39, 0.29) is 23.7 Å². The van der Waals surface area contributed by atoms with Crippen molar-refractivity contribution in [2.45, 2.75) is 4.90 Å². The summed E-state index contributed by atoms with van der Waals surface area (Å²) in [6.07, 6.45) is 2.69. The first-order valence-corrected chi connectivity index (χ1v) is 7.15. The van der Waals surface area contributed by atoms with E-state index in [1.165, 1.54) is 37.0 Å². The molecule has 0 saturated heterocycles. The molecule has 1 aromatic rings. The van der Waals surface area contributed by atoms with E-state index in [9.17, 15) is 8.42 Å². The van der Waals surface area contributed by atoms with Crippen molar-refractivity contribution in [1.82, 2.24) is 9.29 Å². The van der Waals surface area contributed by atoms with Gasteiger partial charge in [-0.25, -0.2) is 8.42 Å². The maximum atomic E-state index is 12.5. The second-order valence-electron chi connectivity index (χ2n) is 3.80. The molecule has 0 amide bonds. The Bertz CT molecular complexity index is 484. The fourth-order valence-electron chi connectivity index (χ4n) is 1.48. The molecule has 0 spiro atoms. The SMILES string of the molecule is COCCN(CCOC)S(=O)(=O)c1cnccc1N. The molecule has 1 heterocycles. The summed E-state index contributed by atoms with van der Waals surface area (Å²) in [5.41, 5.74) is 5.87. The van der Waals surface area contributed by atoms with Crippen LogP contribution in [-0.4, -0.2) is 58.2 Å². The van der Waals surface area contributed by atoms with Crippen LogP contribution < -0.4 is 5.73 Å². The molecule has 0 aromatic carbocycles. The number of pyridine rings is 1. The Kier molecular flexibility index (Phi) is 6.16. The number of hydrogen-bond donors (Lipinski definition) is 1. The van der Waals surface area contributed by atoms with Gasteiger partial charge in [0.1, 0.15) is 4.90 Å². The van der Waals surface area contributed by atoms with Crippen molar-refractivity contribution in [1.29, 1.82) is 0 Å². The molecule has 0 radical (unpaired) electrons. The van der Waals surface area contributed by atoms with Gasteiger partial charge in [0.25, 0.3) is 0 Å². The number of aromatic nitrogens is 1. The maximum absolute atomic E-state index is 12.5. The number of nitrogen functional groups attached to an aromatic ring is 1. The zero-order valence-electron chi connectivity index (χ0n) is 11.1. The molecule has 0 bridgehead atoms. The van der Waals surface area contributed by atoms with Gasteiger partial charge in [-0.2, -0.15) is 4.31 Å². The van der Waals surface area contributed by atoms with Gasteiger partial charge in [-0.3, -0.25) is 4.98 Å². The van der Waals surface area contributed by atoms with Gasteiger partial charge in [0.2, 0.25) is 10.0 Å². The van der Waals surface area contributed by atoms with E-state index in [0.717, 1.165) is 0 Å². The van der Waals surface area contributed by atoms with E-state index in [1.54, 1.807) is 0 Å². The lowest BCUT2D eigenvalue weighted by Gasteiger charge is -2.22. The fourth-order valence-corrected chi connectivity index (χ4v) is 2.95. The molecule has 19 heavy (non-hydrogen) atoms. The second-order valence-corrected chi connectivity index (χ2v) is 5.71. The van der Waals surface area contributed by atoms with Crippen molar-refractivity contribution in [3.05, 3.63) is 18.5 Å². The molecule has 0 aliphatic heterocycles. The molecule has 0 fully saturated rings. The number of anilines is 1. The van der Waals surface area contributed by atoms with Gasteiger partial charge in [0.05, 0.1) is 18.9 Å². The van der Waals surface area contributed by atoms with Gasteiger partial charge < -0.3 is 15.2 Å². The van der Waals surface area contributed by atoms with Crippen LogP contribution >= 0.6 is 0 Å². The van der Waals surface area contributed by atoms with E-state index in [1.807, 2.05) is 0 Å². The Balaban J connectivity index is 3.01. The van der Waals surface area contributed by atoms with Crippen molar-refractivity contribution in [2.24, 2.45) is 0 Å². The monoisotopic (exact) mass is 289 g/mol. The minimum atomic E-state index is -3.69. The number of sulfonamides is 1. The highest BCUT2D eigenvalue weighted by Crippen LogP contribution is 2.20. The number of nitrogens with two attached hydrogens (primary N) is 1. The molecule has 8 heteroatoms. The van der Waals surface area contributed by atoms with Crippen molar-refractivity contribution in [3.8, 4) is 0 Å². The molecule has 0 unspecified atom stereocenters. The van der Waals surface area contributed by atoms with E-state index in [4.69, 9.17) is 15.2 Å². The lowest BCUT2D eigenvalue weighted by Crippen LogP contribution is -2.36. The normalized spacial score (nSPS) is 11.9. The van der Waals surface area contributed by atoms with E-state index in [2.05, 4.69) is 4.98 Å². The predicted octanol–water partition coefficient (Wildman–Crippen LogP) is -0.0527. The summed E-state index contributed by atoms with van der Waals surface area (Å²) >= 11 is 0. The molecule has 0 aliphatic carbocycles. The van der Waals surface area contributed by atoms with E-state index >= 15 is 0 Å². The summed E-state index contributed by atoms with van der Waals surface area (Å²) < 4.78 is 36.0. The van der Waals surface area contributed by atoms with Crippen LogP contribution in [0.4, 0.5) is 5.69 Å². The number of rotatable bonds is 8. The van der Waals surface area contributed by atoms with Crippen LogP contribution in [0.3, 0.4) is 0 Å². The summed E-state index contributed by atoms with van der Waals surface area (Å²) in [6, 6.07) is 1.46. The van der Waals surface area contributed by atoms with Crippen molar-refractivity contribution >= 4 is 15.7 Å². The molecular formula is C11H19N3O4S. The highest BCUT2D eigenvalue weighted by atomic mass is 32.2. The van der Waals surface area contributed by atoms with Crippen LogP contribution in [-0.2, 0) is 19.5 Å². The van der Waals surface area contributed by atoms with Crippen LogP contribution in [0.15, 0.2) is 23.4 Å². The highest BCUT2D eigenvalue weighted by molar-refractivity contribution is 7.89. The predicted molar refractivity (Wildman–Crippen MR) is 71.2 cm³/mol.